The molecule has 0 atom stereocenters. The first-order valence-corrected chi connectivity index (χ1v) is 8.94. The van der Waals surface area contributed by atoms with E-state index in [9.17, 15) is 9.59 Å². The number of anilines is 1. The highest BCUT2D eigenvalue weighted by molar-refractivity contribution is 7.17. The van der Waals surface area contributed by atoms with Crippen LogP contribution in [0.1, 0.15) is 41.7 Å². The second-order valence-corrected chi connectivity index (χ2v) is 6.89. The predicted octanol–water partition coefficient (Wildman–Crippen LogP) is 4.10. The summed E-state index contributed by atoms with van der Waals surface area (Å²) in [6, 6.07) is 5.44. The first-order chi connectivity index (χ1) is 12.3. The summed E-state index contributed by atoms with van der Waals surface area (Å²) in [5.74, 6) is 0.865. The number of ketones is 1. The van der Waals surface area contributed by atoms with Gasteiger partial charge >= 0.3 is 0 Å². The van der Waals surface area contributed by atoms with E-state index < -0.39 is 0 Å². The molecule has 1 aromatic heterocycles. The molecule has 0 aliphatic rings. The minimum atomic E-state index is -0.324. The summed E-state index contributed by atoms with van der Waals surface area (Å²) in [4.78, 5) is 28.3. The number of amides is 1. The molecule has 0 saturated heterocycles. The molecule has 2 aromatic rings. The lowest BCUT2D eigenvalue weighted by Gasteiger charge is -2.13. The Labute approximate surface area is 156 Å². The van der Waals surface area contributed by atoms with Crippen molar-refractivity contribution >= 4 is 34.2 Å². The van der Waals surface area contributed by atoms with Crippen molar-refractivity contribution in [1.29, 1.82) is 0 Å². The minimum absolute atomic E-state index is 0.0396. The van der Waals surface area contributed by atoms with Gasteiger partial charge in [-0.3, -0.25) is 14.9 Å². The van der Waals surface area contributed by atoms with E-state index in [1.54, 1.807) is 32.2 Å². The van der Waals surface area contributed by atoms with E-state index in [-0.39, 0.29) is 17.8 Å². The fraction of sp³-hybridized carbons (Fsp3) is 0.316. The second-order valence-electron chi connectivity index (χ2n) is 5.89. The van der Waals surface area contributed by atoms with Crippen LogP contribution in [0.5, 0.6) is 11.5 Å². The minimum Gasteiger partial charge on any atom is -0.493 e. The molecule has 7 heteroatoms. The third-order valence-electron chi connectivity index (χ3n) is 3.32. The van der Waals surface area contributed by atoms with E-state index in [2.05, 4.69) is 10.3 Å². The SMILES string of the molecule is COc1cc(/C=C/C(=O)Nc2nc(C)c(C(C)=O)s2)ccc1OC(C)C. The molecule has 0 aliphatic carbocycles. The number of Topliss-reactive ketones (excluding diaryl/α,β-unsaturated/α-hetero) is 1. The fourth-order valence-corrected chi connectivity index (χ4v) is 3.10. The third kappa shape index (κ3) is 5.16. The number of benzene rings is 1. The highest BCUT2D eigenvalue weighted by atomic mass is 32.1. The van der Waals surface area contributed by atoms with Gasteiger partial charge in [0.05, 0.1) is 23.8 Å². The number of aromatic nitrogens is 1. The predicted molar refractivity (Wildman–Crippen MR) is 103 cm³/mol. The maximum Gasteiger partial charge on any atom is 0.250 e. The molecular weight excluding hydrogens is 352 g/mol. The van der Waals surface area contributed by atoms with Gasteiger partial charge in [-0.05, 0) is 44.5 Å². The van der Waals surface area contributed by atoms with E-state index in [4.69, 9.17) is 9.47 Å². The van der Waals surface area contributed by atoms with Crippen LogP contribution in [-0.2, 0) is 4.79 Å². The number of ether oxygens (including phenoxy) is 2. The zero-order chi connectivity index (χ0) is 19.3. The average molecular weight is 374 g/mol. The molecule has 1 amide bonds. The summed E-state index contributed by atoms with van der Waals surface area (Å²) < 4.78 is 11.0. The molecular formula is C19H22N2O4S. The van der Waals surface area contributed by atoms with Gasteiger partial charge in [-0.1, -0.05) is 17.4 Å². The highest BCUT2D eigenvalue weighted by Crippen LogP contribution is 2.29. The van der Waals surface area contributed by atoms with Crippen molar-refractivity contribution in [3.8, 4) is 11.5 Å². The molecule has 1 N–H and O–H groups in total. The Morgan fingerprint density at radius 1 is 1.27 bits per heavy atom. The number of methoxy groups -OCH3 is 1. The van der Waals surface area contributed by atoms with Gasteiger partial charge in [0.1, 0.15) is 0 Å². The number of nitrogens with one attached hydrogen (secondary N) is 1. The molecule has 0 saturated carbocycles. The number of nitrogens with zero attached hydrogens (tertiary/aromatic N) is 1. The van der Waals surface area contributed by atoms with Crippen molar-refractivity contribution in [3.05, 3.63) is 40.4 Å². The van der Waals surface area contributed by atoms with Crippen LogP contribution in [0.25, 0.3) is 6.08 Å². The number of carbonyl (C=O) groups excluding carboxylic acids is 2. The standard InChI is InChI=1S/C19H22N2O4S/c1-11(2)25-15-8-6-14(10-16(15)24-5)7-9-17(23)21-19-20-12(3)18(26-19)13(4)22/h6-11H,1-5H3,(H,20,21,23)/b9-7+. The number of hydrogen-bond acceptors (Lipinski definition) is 6. The Hall–Kier alpha value is -2.67. The Morgan fingerprint density at radius 2 is 2.00 bits per heavy atom. The number of carbonyl (C=O) groups is 2. The van der Waals surface area contributed by atoms with E-state index in [0.29, 0.717) is 27.2 Å². The van der Waals surface area contributed by atoms with E-state index >= 15 is 0 Å². The Balaban J connectivity index is 2.08. The van der Waals surface area contributed by atoms with Crippen LogP contribution in [-0.4, -0.2) is 29.9 Å². The van der Waals surface area contributed by atoms with Gasteiger partial charge in [0.2, 0.25) is 5.91 Å². The van der Waals surface area contributed by atoms with Gasteiger partial charge in [0, 0.05) is 13.0 Å². The summed E-state index contributed by atoms with van der Waals surface area (Å²) in [5.41, 5.74) is 1.42. The topological polar surface area (TPSA) is 77.5 Å². The molecule has 1 aromatic carbocycles. The van der Waals surface area contributed by atoms with Crippen molar-refractivity contribution in [2.75, 3.05) is 12.4 Å². The number of thiazole rings is 1. The monoisotopic (exact) mass is 374 g/mol. The van der Waals surface area contributed by atoms with Gasteiger partial charge < -0.3 is 9.47 Å². The first-order valence-electron chi connectivity index (χ1n) is 8.12. The van der Waals surface area contributed by atoms with Crippen molar-refractivity contribution in [2.45, 2.75) is 33.8 Å². The van der Waals surface area contributed by atoms with Crippen LogP contribution in [0, 0.1) is 6.92 Å². The maximum absolute atomic E-state index is 12.1. The van der Waals surface area contributed by atoms with Crippen LogP contribution in [0.4, 0.5) is 5.13 Å². The maximum atomic E-state index is 12.1. The van der Waals surface area contributed by atoms with Crippen molar-refractivity contribution in [3.63, 3.8) is 0 Å². The zero-order valence-corrected chi connectivity index (χ0v) is 16.3. The van der Waals surface area contributed by atoms with E-state index in [1.807, 2.05) is 19.9 Å². The average Bonchev–Trinajstić information content (AvgIpc) is 2.94. The molecule has 0 aliphatic heterocycles. The van der Waals surface area contributed by atoms with Gasteiger partial charge in [0.15, 0.2) is 22.4 Å². The molecule has 0 spiro atoms. The van der Waals surface area contributed by atoms with Crippen molar-refractivity contribution in [2.24, 2.45) is 0 Å². The Bertz CT molecular complexity index is 840. The number of rotatable bonds is 7. The molecule has 0 radical (unpaired) electrons. The van der Waals surface area contributed by atoms with Crippen LogP contribution < -0.4 is 14.8 Å². The summed E-state index contributed by atoms with van der Waals surface area (Å²) in [6.07, 6.45) is 3.11. The van der Waals surface area contributed by atoms with Crippen LogP contribution in [0.15, 0.2) is 24.3 Å². The summed E-state index contributed by atoms with van der Waals surface area (Å²) in [5, 5.41) is 3.07. The Kier molecular flexibility index (Phi) is 6.52. The van der Waals surface area contributed by atoms with Crippen molar-refractivity contribution in [1.82, 2.24) is 4.98 Å². The molecule has 2 rings (SSSR count). The van der Waals surface area contributed by atoms with Crippen LogP contribution in [0.3, 0.4) is 0 Å². The molecule has 1 heterocycles. The van der Waals surface area contributed by atoms with Gasteiger partial charge in [-0.2, -0.15) is 0 Å². The van der Waals surface area contributed by atoms with E-state index in [1.165, 1.54) is 24.3 Å². The molecule has 0 fully saturated rings. The quantitative estimate of drug-likeness (QED) is 0.583. The molecule has 0 unspecified atom stereocenters. The third-order valence-corrected chi connectivity index (χ3v) is 4.50. The normalized spacial score (nSPS) is 11.0. The van der Waals surface area contributed by atoms with Crippen LogP contribution in [0.2, 0.25) is 0 Å². The summed E-state index contributed by atoms with van der Waals surface area (Å²) >= 11 is 1.17. The fourth-order valence-electron chi connectivity index (χ4n) is 2.23. The lowest BCUT2D eigenvalue weighted by Crippen LogP contribution is -2.07. The summed E-state index contributed by atoms with van der Waals surface area (Å²) in [6.45, 7) is 7.10. The van der Waals surface area contributed by atoms with Crippen LogP contribution >= 0.6 is 11.3 Å². The van der Waals surface area contributed by atoms with Gasteiger partial charge in [0.25, 0.3) is 0 Å². The zero-order valence-electron chi connectivity index (χ0n) is 15.5. The molecule has 26 heavy (non-hydrogen) atoms. The lowest BCUT2D eigenvalue weighted by atomic mass is 10.2. The molecule has 6 nitrogen and oxygen atoms in total. The Morgan fingerprint density at radius 3 is 2.58 bits per heavy atom. The lowest BCUT2D eigenvalue weighted by molar-refractivity contribution is -0.111. The largest absolute Gasteiger partial charge is 0.493 e. The number of hydrogen-bond donors (Lipinski definition) is 1. The summed E-state index contributed by atoms with van der Waals surface area (Å²) in [7, 11) is 1.57. The van der Waals surface area contributed by atoms with Gasteiger partial charge in [-0.15, -0.1) is 0 Å². The van der Waals surface area contributed by atoms with Crippen molar-refractivity contribution < 1.29 is 19.1 Å². The van der Waals surface area contributed by atoms with Gasteiger partial charge in [-0.25, -0.2) is 4.98 Å². The first kappa shape index (κ1) is 19.7. The highest BCUT2D eigenvalue weighted by Gasteiger charge is 2.12. The molecule has 0 bridgehead atoms. The van der Waals surface area contributed by atoms with E-state index in [0.717, 1.165) is 5.56 Å². The number of aryl methyl sites for hydroxylation is 1. The second kappa shape index (κ2) is 8.62. The molecule has 138 valence electrons. The smallest absolute Gasteiger partial charge is 0.250 e.